The van der Waals surface area contributed by atoms with E-state index in [1.807, 2.05) is 0 Å². The molecule has 7 nitrogen and oxygen atoms in total. The highest BCUT2D eigenvalue weighted by atomic mass is 32.2. The second-order valence-corrected chi connectivity index (χ2v) is 8.70. The predicted octanol–water partition coefficient (Wildman–Crippen LogP) is 2.05. The number of aromatic nitrogens is 3. The van der Waals surface area contributed by atoms with Crippen molar-refractivity contribution < 1.29 is 30.4 Å². The third-order valence-electron chi connectivity index (χ3n) is 4.77. The van der Waals surface area contributed by atoms with Gasteiger partial charge in [-0.05, 0) is 31.0 Å². The van der Waals surface area contributed by atoms with Crippen molar-refractivity contribution in [2.24, 2.45) is 7.05 Å². The summed E-state index contributed by atoms with van der Waals surface area (Å²) in [6.45, 7) is -0.178. The lowest BCUT2D eigenvalue weighted by atomic mass is 10.1. The van der Waals surface area contributed by atoms with Crippen LogP contribution in [0.4, 0.5) is 22.0 Å². The molecule has 0 spiro atoms. The molecule has 0 aliphatic carbocycles. The van der Waals surface area contributed by atoms with Crippen LogP contribution in [0, 0.1) is 11.6 Å². The van der Waals surface area contributed by atoms with Crippen molar-refractivity contribution in [2.45, 2.75) is 30.8 Å². The minimum atomic E-state index is -4.79. The summed E-state index contributed by atoms with van der Waals surface area (Å²) in [5, 5.41) is 3.36. The average molecular weight is 440 g/mol. The Balaban J connectivity index is 1.74. The van der Waals surface area contributed by atoms with Gasteiger partial charge in [0.1, 0.15) is 11.6 Å². The summed E-state index contributed by atoms with van der Waals surface area (Å²) in [6, 6.07) is 1.79. The molecule has 2 aromatic rings. The smallest absolute Gasteiger partial charge is 0.274 e. The highest BCUT2D eigenvalue weighted by Crippen LogP contribution is 2.29. The normalized spacial score (nSPS) is 17.0. The van der Waals surface area contributed by atoms with Gasteiger partial charge in [0.2, 0.25) is 15.8 Å². The van der Waals surface area contributed by atoms with Gasteiger partial charge < -0.3 is 0 Å². The second kappa shape index (κ2) is 7.52. The topological polar surface area (TPSA) is 77.2 Å². The minimum Gasteiger partial charge on any atom is -0.274 e. The molecular formula is C16H17F5N4O3S. The van der Waals surface area contributed by atoms with E-state index < -0.39 is 51.1 Å². The Bertz CT molecular complexity index is 1070. The van der Waals surface area contributed by atoms with E-state index in [-0.39, 0.29) is 31.5 Å². The van der Waals surface area contributed by atoms with Crippen LogP contribution >= 0.6 is 0 Å². The molecule has 0 saturated carbocycles. The highest BCUT2D eigenvalue weighted by molar-refractivity contribution is 7.88. The van der Waals surface area contributed by atoms with Crippen molar-refractivity contribution in [3.8, 4) is 0 Å². The van der Waals surface area contributed by atoms with Crippen LogP contribution in [0.3, 0.4) is 0 Å². The fraction of sp³-hybridized carbons (Fsp3) is 0.500. The lowest BCUT2D eigenvalue weighted by molar-refractivity contribution is -0.147. The number of hydrogen-bond acceptors (Lipinski definition) is 4. The molecule has 13 heteroatoms. The molecule has 0 radical (unpaired) electrons. The lowest BCUT2D eigenvalue weighted by Gasteiger charge is -2.30. The standard InChI is InChI=1S/C16H17F5N4O3S/c1-23-14(16(19,20)21)22-25(15(23)26)12-4-6-24(7-5-12)29(27,28)9-10-8-11(17)2-3-13(10)18/h2-3,8,12H,4-7,9H2,1H3. The van der Waals surface area contributed by atoms with E-state index in [2.05, 4.69) is 5.10 Å². The van der Waals surface area contributed by atoms with Crippen LogP contribution in [0.2, 0.25) is 0 Å². The third kappa shape index (κ3) is 4.34. The van der Waals surface area contributed by atoms with Gasteiger partial charge in [0.05, 0.1) is 11.8 Å². The first kappa shape index (κ1) is 21.4. The van der Waals surface area contributed by atoms with E-state index in [4.69, 9.17) is 0 Å². The Morgan fingerprint density at radius 2 is 1.79 bits per heavy atom. The van der Waals surface area contributed by atoms with E-state index in [0.29, 0.717) is 4.57 Å². The Morgan fingerprint density at radius 1 is 1.17 bits per heavy atom. The summed E-state index contributed by atoms with van der Waals surface area (Å²) in [5.41, 5.74) is -1.26. The second-order valence-electron chi connectivity index (χ2n) is 6.73. The maximum absolute atomic E-state index is 13.7. The average Bonchev–Trinajstić information content (AvgIpc) is 2.93. The number of piperidine rings is 1. The summed E-state index contributed by atoms with van der Waals surface area (Å²) in [4.78, 5) is 12.1. The molecule has 1 aromatic heterocycles. The molecule has 0 N–H and O–H groups in total. The zero-order valence-electron chi connectivity index (χ0n) is 15.2. The number of nitrogens with zero attached hydrogens (tertiary/aromatic N) is 4. The molecule has 0 atom stereocenters. The highest BCUT2D eigenvalue weighted by Gasteiger charge is 2.39. The van der Waals surface area contributed by atoms with E-state index >= 15 is 0 Å². The summed E-state index contributed by atoms with van der Waals surface area (Å²) in [5.74, 6) is -3.71. The Hall–Kier alpha value is -2.28. The number of benzene rings is 1. The summed E-state index contributed by atoms with van der Waals surface area (Å²) in [6.07, 6.45) is -4.68. The van der Waals surface area contributed by atoms with Crippen LogP contribution < -0.4 is 5.69 Å². The molecule has 0 unspecified atom stereocenters. The van der Waals surface area contributed by atoms with Gasteiger partial charge >= 0.3 is 11.9 Å². The minimum absolute atomic E-state index is 0.0546. The first-order valence-electron chi connectivity index (χ1n) is 8.54. The predicted molar refractivity (Wildman–Crippen MR) is 91.3 cm³/mol. The van der Waals surface area contributed by atoms with Crippen LogP contribution in [0.25, 0.3) is 0 Å². The van der Waals surface area contributed by atoms with Crippen LogP contribution in [0.1, 0.15) is 30.3 Å². The molecule has 29 heavy (non-hydrogen) atoms. The van der Waals surface area contributed by atoms with Crippen molar-refractivity contribution in [1.29, 1.82) is 0 Å². The van der Waals surface area contributed by atoms with E-state index in [1.165, 1.54) is 0 Å². The SMILES string of the molecule is Cn1c(C(F)(F)F)nn(C2CCN(S(=O)(=O)Cc3cc(F)ccc3F)CC2)c1=O. The Morgan fingerprint density at radius 3 is 2.34 bits per heavy atom. The number of alkyl halides is 3. The van der Waals surface area contributed by atoms with Gasteiger partial charge in [0, 0.05) is 25.7 Å². The maximum atomic E-state index is 13.7. The molecule has 1 fully saturated rings. The molecule has 3 rings (SSSR count). The summed E-state index contributed by atoms with van der Waals surface area (Å²) in [7, 11) is -3.02. The number of sulfonamides is 1. The number of rotatable bonds is 4. The molecule has 1 saturated heterocycles. The van der Waals surface area contributed by atoms with Crippen LogP contribution in [0.15, 0.2) is 23.0 Å². The first-order chi connectivity index (χ1) is 13.4. The summed E-state index contributed by atoms with van der Waals surface area (Å²) >= 11 is 0. The molecule has 160 valence electrons. The number of hydrogen-bond donors (Lipinski definition) is 0. The zero-order valence-corrected chi connectivity index (χ0v) is 16.0. The van der Waals surface area contributed by atoms with E-state index in [9.17, 15) is 35.2 Å². The fourth-order valence-electron chi connectivity index (χ4n) is 3.25. The molecule has 0 amide bonds. The van der Waals surface area contributed by atoms with Gasteiger partial charge in [0.25, 0.3) is 0 Å². The van der Waals surface area contributed by atoms with Gasteiger partial charge in [-0.3, -0.25) is 4.57 Å². The third-order valence-corrected chi connectivity index (χ3v) is 6.59. The molecular weight excluding hydrogens is 423 g/mol. The van der Waals surface area contributed by atoms with Crippen LogP contribution in [-0.4, -0.2) is 40.2 Å². The molecule has 1 aromatic carbocycles. The molecule has 1 aliphatic rings. The van der Waals surface area contributed by atoms with Crippen LogP contribution in [-0.2, 0) is 29.0 Å². The fourth-order valence-corrected chi connectivity index (χ4v) is 4.81. The van der Waals surface area contributed by atoms with Crippen LogP contribution in [0.5, 0.6) is 0 Å². The quantitative estimate of drug-likeness (QED) is 0.682. The van der Waals surface area contributed by atoms with Gasteiger partial charge in [0.15, 0.2) is 0 Å². The molecule has 1 aliphatic heterocycles. The van der Waals surface area contributed by atoms with Crippen molar-refractivity contribution in [1.82, 2.24) is 18.7 Å². The summed E-state index contributed by atoms with van der Waals surface area (Å²) < 4.78 is 93.0. The largest absolute Gasteiger partial charge is 0.451 e. The maximum Gasteiger partial charge on any atom is 0.451 e. The van der Waals surface area contributed by atoms with Gasteiger partial charge in [-0.25, -0.2) is 31.0 Å². The van der Waals surface area contributed by atoms with Gasteiger partial charge in [-0.1, -0.05) is 0 Å². The van der Waals surface area contributed by atoms with E-state index in [0.717, 1.165) is 34.2 Å². The Labute approximate surface area is 162 Å². The number of halogens is 5. The van der Waals surface area contributed by atoms with Gasteiger partial charge in [-0.15, -0.1) is 5.10 Å². The van der Waals surface area contributed by atoms with Gasteiger partial charge in [-0.2, -0.15) is 13.2 Å². The Kier molecular flexibility index (Phi) is 5.56. The molecule has 2 heterocycles. The monoisotopic (exact) mass is 440 g/mol. The van der Waals surface area contributed by atoms with Crippen molar-refractivity contribution in [3.05, 3.63) is 51.7 Å². The lowest BCUT2D eigenvalue weighted by Crippen LogP contribution is -2.41. The van der Waals surface area contributed by atoms with Crippen molar-refractivity contribution in [2.75, 3.05) is 13.1 Å². The van der Waals surface area contributed by atoms with E-state index in [1.54, 1.807) is 0 Å². The molecule has 0 bridgehead atoms. The van der Waals surface area contributed by atoms with Crippen molar-refractivity contribution in [3.63, 3.8) is 0 Å². The zero-order chi connectivity index (χ0) is 21.6. The van der Waals surface area contributed by atoms with Crippen molar-refractivity contribution >= 4 is 10.0 Å². The first-order valence-corrected chi connectivity index (χ1v) is 10.2.